The molecule has 0 bridgehead atoms. The smallest absolute Gasteiger partial charge is 0.490 e. The summed E-state index contributed by atoms with van der Waals surface area (Å²) in [6.07, 6.45) is -0.500. The number of carboxylic acid groups (broad SMARTS) is 1. The van der Waals surface area contributed by atoms with Crippen LogP contribution in [-0.2, 0) is 20.7 Å². The van der Waals surface area contributed by atoms with Gasteiger partial charge in [-0.25, -0.2) is 4.79 Å². The quantitative estimate of drug-likeness (QED) is 0.706. The Morgan fingerprint density at radius 1 is 1.12 bits per heavy atom. The summed E-state index contributed by atoms with van der Waals surface area (Å²) in [5.74, 6) is -0.882. The molecule has 1 amide bonds. The highest BCUT2D eigenvalue weighted by molar-refractivity contribution is 5.79. The summed E-state index contributed by atoms with van der Waals surface area (Å²) in [5.41, 5.74) is 1.05. The zero-order valence-electron chi connectivity index (χ0n) is 18.0. The summed E-state index contributed by atoms with van der Waals surface area (Å²) in [7, 11) is 1.66. The number of hydrogen-bond acceptors (Lipinski definition) is 5. The number of halogens is 3. The Balaban J connectivity index is 0.000000360. The van der Waals surface area contributed by atoms with E-state index in [-0.39, 0.29) is 5.91 Å². The third-order valence-electron chi connectivity index (χ3n) is 5.95. The molecule has 4 rings (SSSR count). The van der Waals surface area contributed by atoms with E-state index in [0.717, 1.165) is 56.4 Å². The van der Waals surface area contributed by atoms with Gasteiger partial charge in [0.2, 0.25) is 5.91 Å². The third kappa shape index (κ3) is 7.09. The molecule has 2 heterocycles. The van der Waals surface area contributed by atoms with E-state index in [0.29, 0.717) is 18.6 Å². The molecule has 1 N–H and O–H groups in total. The number of fused-ring (bicyclic) bond motifs is 1. The molecular weight excluding hydrogens is 429 g/mol. The number of amides is 1. The summed E-state index contributed by atoms with van der Waals surface area (Å²) in [6, 6.07) is 8.26. The average Bonchev–Trinajstić information content (AvgIpc) is 3.49. The van der Waals surface area contributed by atoms with Crippen molar-refractivity contribution in [2.75, 3.05) is 39.9 Å². The van der Waals surface area contributed by atoms with Crippen molar-refractivity contribution in [1.82, 2.24) is 9.80 Å². The van der Waals surface area contributed by atoms with Crippen molar-refractivity contribution >= 4 is 11.9 Å². The van der Waals surface area contributed by atoms with Crippen LogP contribution in [0.1, 0.15) is 24.8 Å². The number of alkyl halides is 3. The number of carboxylic acids is 1. The Hall–Kier alpha value is -2.33. The molecule has 2 atom stereocenters. The van der Waals surface area contributed by atoms with Crippen molar-refractivity contribution < 1.29 is 37.3 Å². The lowest BCUT2D eigenvalue weighted by Crippen LogP contribution is -2.52. The summed E-state index contributed by atoms with van der Waals surface area (Å²) < 4.78 is 43.0. The van der Waals surface area contributed by atoms with Crippen LogP contribution in [0.5, 0.6) is 5.75 Å². The maximum absolute atomic E-state index is 12.7. The van der Waals surface area contributed by atoms with Crippen LogP contribution >= 0.6 is 0 Å². The molecule has 0 spiro atoms. The van der Waals surface area contributed by atoms with Gasteiger partial charge in [0.1, 0.15) is 5.75 Å². The Labute approximate surface area is 185 Å². The lowest BCUT2D eigenvalue weighted by Gasteiger charge is -2.37. The molecule has 3 fully saturated rings. The summed E-state index contributed by atoms with van der Waals surface area (Å²) in [5, 5.41) is 7.12. The molecule has 2 saturated heterocycles. The lowest BCUT2D eigenvalue weighted by molar-refractivity contribution is -0.192. The fraction of sp³-hybridized carbons (Fsp3) is 0.636. The Kier molecular flexibility index (Phi) is 8.00. The first-order valence-electron chi connectivity index (χ1n) is 10.7. The summed E-state index contributed by atoms with van der Waals surface area (Å²) >= 11 is 0. The van der Waals surface area contributed by atoms with Gasteiger partial charge in [0, 0.05) is 38.8 Å². The maximum atomic E-state index is 12.7. The van der Waals surface area contributed by atoms with E-state index in [1.54, 1.807) is 7.11 Å². The number of nitrogens with zero attached hydrogens (tertiary/aromatic N) is 2. The van der Waals surface area contributed by atoms with E-state index < -0.39 is 12.1 Å². The number of aliphatic carboxylic acids is 1. The molecule has 0 radical (unpaired) electrons. The van der Waals surface area contributed by atoms with Gasteiger partial charge in [0.15, 0.2) is 0 Å². The topological polar surface area (TPSA) is 79.3 Å². The first-order chi connectivity index (χ1) is 15.2. The van der Waals surface area contributed by atoms with Crippen LogP contribution in [0.25, 0.3) is 0 Å². The van der Waals surface area contributed by atoms with Gasteiger partial charge in [0.05, 0.1) is 19.6 Å². The molecule has 1 saturated carbocycles. The van der Waals surface area contributed by atoms with Crippen molar-refractivity contribution in [2.45, 2.75) is 44.0 Å². The number of methoxy groups -OCH3 is 1. The van der Waals surface area contributed by atoms with Gasteiger partial charge in [-0.3, -0.25) is 9.69 Å². The molecule has 1 aromatic carbocycles. The second-order valence-electron chi connectivity index (χ2n) is 8.45. The predicted octanol–water partition coefficient (Wildman–Crippen LogP) is 2.58. The molecule has 1 aliphatic carbocycles. The van der Waals surface area contributed by atoms with E-state index >= 15 is 0 Å². The molecular formula is C22H29F3N2O5. The minimum atomic E-state index is -5.08. The van der Waals surface area contributed by atoms with Crippen molar-refractivity contribution in [3.05, 3.63) is 29.8 Å². The van der Waals surface area contributed by atoms with Crippen LogP contribution in [0.3, 0.4) is 0 Å². The molecule has 178 valence electrons. The van der Waals surface area contributed by atoms with Gasteiger partial charge < -0.3 is 19.5 Å². The molecule has 1 aromatic rings. The lowest BCUT2D eigenvalue weighted by atomic mass is 10.1. The van der Waals surface area contributed by atoms with E-state index in [1.165, 1.54) is 12.8 Å². The summed E-state index contributed by atoms with van der Waals surface area (Å²) in [6.45, 7) is 4.63. The normalized spacial score (nSPS) is 23.2. The molecule has 3 aliphatic rings. The Morgan fingerprint density at radius 2 is 1.78 bits per heavy atom. The zero-order chi connectivity index (χ0) is 23.3. The average molecular weight is 458 g/mol. The van der Waals surface area contributed by atoms with E-state index in [4.69, 9.17) is 19.4 Å². The van der Waals surface area contributed by atoms with Gasteiger partial charge in [0.25, 0.3) is 0 Å². The summed E-state index contributed by atoms with van der Waals surface area (Å²) in [4.78, 5) is 26.1. The fourth-order valence-electron chi connectivity index (χ4n) is 3.93. The van der Waals surface area contributed by atoms with Gasteiger partial charge in [-0.1, -0.05) is 12.1 Å². The first kappa shape index (κ1) is 24.3. The van der Waals surface area contributed by atoms with E-state index in [9.17, 15) is 18.0 Å². The highest BCUT2D eigenvalue weighted by atomic mass is 19.4. The second kappa shape index (κ2) is 10.5. The van der Waals surface area contributed by atoms with Crippen LogP contribution in [0.15, 0.2) is 24.3 Å². The minimum absolute atomic E-state index is 0.229. The number of rotatable bonds is 6. The number of piperazine rings is 1. The monoisotopic (exact) mass is 458 g/mol. The molecule has 10 heteroatoms. The largest absolute Gasteiger partial charge is 0.497 e. The van der Waals surface area contributed by atoms with Crippen molar-refractivity contribution in [3.63, 3.8) is 0 Å². The zero-order valence-corrected chi connectivity index (χ0v) is 18.0. The first-order valence-corrected chi connectivity index (χ1v) is 10.7. The molecule has 2 aliphatic heterocycles. The van der Waals surface area contributed by atoms with Crippen molar-refractivity contribution in [1.29, 1.82) is 0 Å². The van der Waals surface area contributed by atoms with Gasteiger partial charge in [-0.2, -0.15) is 13.2 Å². The number of carbonyl (C=O) groups excluding carboxylic acids is 1. The highest BCUT2D eigenvalue weighted by Crippen LogP contribution is 2.31. The molecule has 0 aromatic heterocycles. The molecule has 0 unspecified atom stereocenters. The van der Waals surface area contributed by atoms with E-state index in [1.807, 2.05) is 29.2 Å². The number of hydrogen-bond donors (Lipinski definition) is 1. The number of carbonyl (C=O) groups is 2. The Bertz CT molecular complexity index is 783. The number of ether oxygens (including phenoxy) is 2. The predicted molar refractivity (Wildman–Crippen MR) is 109 cm³/mol. The minimum Gasteiger partial charge on any atom is -0.497 e. The highest BCUT2D eigenvalue weighted by Gasteiger charge is 2.39. The number of benzene rings is 1. The van der Waals surface area contributed by atoms with Crippen LogP contribution in [-0.4, -0.2) is 85.0 Å². The van der Waals surface area contributed by atoms with Crippen LogP contribution in [0.2, 0.25) is 0 Å². The fourth-order valence-corrected chi connectivity index (χ4v) is 3.93. The standard InChI is InChI=1S/C20H28N2O3.C2HF3O2/c1-24-18-6-4-15(5-7-18)10-20(23)22-9-8-21-13-19(11-17(21)12-22)25-14-16-2-3-16;3-2(4,5)1(6)7/h4-7,16-17,19H,2-3,8-14H2,1H3;(H,6,7)/t17-,19+;/m0./s1. The van der Waals surface area contributed by atoms with Crippen LogP contribution in [0.4, 0.5) is 13.2 Å². The Morgan fingerprint density at radius 3 is 2.34 bits per heavy atom. The van der Waals surface area contributed by atoms with Crippen LogP contribution < -0.4 is 4.74 Å². The second-order valence-corrected chi connectivity index (χ2v) is 8.45. The van der Waals surface area contributed by atoms with Crippen molar-refractivity contribution in [2.24, 2.45) is 5.92 Å². The SMILES string of the molecule is COc1ccc(CC(=O)N2CCN3C[C@H](OCC4CC4)C[C@H]3C2)cc1.O=C(O)C(F)(F)F. The van der Waals surface area contributed by atoms with Gasteiger partial charge >= 0.3 is 12.1 Å². The van der Waals surface area contributed by atoms with E-state index in [2.05, 4.69) is 4.90 Å². The third-order valence-corrected chi connectivity index (χ3v) is 5.95. The van der Waals surface area contributed by atoms with Gasteiger partial charge in [-0.15, -0.1) is 0 Å². The van der Waals surface area contributed by atoms with Gasteiger partial charge in [-0.05, 0) is 42.9 Å². The van der Waals surface area contributed by atoms with Crippen LogP contribution in [0, 0.1) is 5.92 Å². The molecule has 32 heavy (non-hydrogen) atoms. The van der Waals surface area contributed by atoms with Crippen molar-refractivity contribution in [3.8, 4) is 5.75 Å². The molecule has 7 nitrogen and oxygen atoms in total. The maximum Gasteiger partial charge on any atom is 0.490 e.